The maximum Gasteiger partial charge on any atom is 0.298 e. The molecular formula is C35H24N4O6S. The van der Waals surface area contributed by atoms with Crippen molar-refractivity contribution < 1.29 is 28.5 Å². The molecule has 2 aromatic carbocycles. The molecular weight excluding hydrogens is 604 g/mol. The zero-order valence-electron chi connectivity index (χ0n) is 24.1. The average molecular weight is 629 g/mol. The first kappa shape index (κ1) is 28.7. The highest BCUT2D eigenvalue weighted by Gasteiger charge is 2.30. The predicted octanol–water partition coefficient (Wildman–Crippen LogP) is 7.25. The van der Waals surface area contributed by atoms with Gasteiger partial charge in [0.15, 0.2) is 11.5 Å². The van der Waals surface area contributed by atoms with Gasteiger partial charge in [0.05, 0.1) is 27.7 Å². The monoisotopic (exact) mass is 628 g/mol. The lowest BCUT2D eigenvalue weighted by atomic mass is 10.1. The molecule has 0 saturated carbocycles. The summed E-state index contributed by atoms with van der Waals surface area (Å²) in [5.41, 5.74) is 4.58. The third-order valence-electron chi connectivity index (χ3n) is 7.06. The topological polar surface area (TPSA) is 113 Å². The van der Waals surface area contributed by atoms with Crippen LogP contribution < -0.4 is 23.8 Å². The lowest BCUT2D eigenvalue weighted by molar-refractivity contribution is -0.121. The number of nitrogens with zero attached hydrogens (tertiary/aromatic N) is 4. The van der Waals surface area contributed by atoms with E-state index < -0.39 is 0 Å². The van der Waals surface area contributed by atoms with Crippen molar-refractivity contribution in [3.8, 4) is 56.2 Å². The lowest BCUT2D eigenvalue weighted by Crippen LogP contribution is -2.17. The van der Waals surface area contributed by atoms with Crippen LogP contribution in [0.3, 0.4) is 0 Å². The second-order valence-electron chi connectivity index (χ2n) is 9.91. The van der Waals surface area contributed by atoms with Gasteiger partial charge in [-0.25, -0.2) is 4.98 Å². The summed E-state index contributed by atoms with van der Waals surface area (Å²) in [5, 5.41) is 0.880. The smallest absolute Gasteiger partial charge is 0.298 e. The highest BCUT2D eigenvalue weighted by molar-refractivity contribution is 7.20. The molecule has 7 rings (SSSR count). The summed E-state index contributed by atoms with van der Waals surface area (Å²) in [6.45, 7) is 1.52. The van der Waals surface area contributed by atoms with Crippen molar-refractivity contribution in [2.75, 3.05) is 18.1 Å². The SMILES string of the molecule is O=COc1ccnc(-c2cc(OC=O)cc(-c3cc(-c4sc(N(c5ccccc5)c5ccccc5)c5c4OCCO5)ccn3)n2)c1. The van der Waals surface area contributed by atoms with Gasteiger partial charge in [-0.05, 0) is 48.0 Å². The molecule has 46 heavy (non-hydrogen) atoms. The van der Waals surface area contributed by atoms with Crippen molar-refractivity contribution in [1.82, 2.24) is 15.0 Å². The summed E-state index contributed by atoms with van der Waals surface area (Å²) in [5.74, 6) is 1.87. The van der Waals surface area contributed by atoms with Crippen LogP contribution in [-0.2, 0) is 9.59 Å². The molecule has 4 aromatic heterocycles. The number of hydrogen-bond acceptors (Lipinski definition) is 11. The Labute approximate surface area is 267 Å². The minimum atomic E-state index is 0.250. The van der Waals surface area contributed by atoms with E-state index >= 15 is 0 Å². The van der Waals surface area contributed by atoms with Crippen LogP contribution in [0.25, 0.3) is 33.2 Å². The van der Waals surface area contributed by atoms with Gasteiger partial charge in [0.1, 0.15) is 29.7 Å². The molecule has 10 nitrogen and oxygen atoms in total. The molecule has 0 spiro atoms. The van der Waals surface area contributed by atoms with Gasteiger partial charge in [-0.3, -0.25) is 24.5 Å². The second kappa shape index (κ2) is 12.9. The van der Waals surface area contributed by atoms with E-state index in [0.717, 1.165) is 26.8 Å². The minimum absolute atomic E-state index is 0.250. The Hall–Kier alpha value is -6.07. The van der Waals surface area contributed by atoms with Crippen LogP contribution >= 0.6 is 11.3 Å². The van der Waals surface area contributed by atoms with E-state index in [1.807, 2.05) is 48.5 Å². The Kier molecular flexibility index (Phi) is 8.04. The largest absolute Gasteiger partial charge is 0.485 e. The Morgan fingerprint density at radius 1 is 0.652 bits per heavy atom. The summed E-state index contributed by atoms with van der Waals surface area (Å²) in [4.78, 5) is 38.9. The van der Waals surface area contributed by atoms with Crippen molar-refractivity contribution in [2.45, 2.75) is 0 Å². The Morgan fingerprint density at radius 2 is 1.22 bits per heavy atom. The van der Waals surface area contributed by atoms with E-state index in [2.05, 4.69) is 39.1 Å². The number of ether oxygens (including phenoxy) is 4. The highest BCUT2D eigenvalue weighted by atomic mass is 32.1. The van der Waals surface area contributed by atoms with Gasteiger partial charge in [-0.1, -0.05) is 36.4 Å². The first-order valence-electron chi connectivity index (χ1n) is 14.2. The van der Waals surface area contributed by atoms with Crippen LogP contribution in [0, 0.1) is 0 Å². The molecule has 0 aliphatic carbocycles. The van der Waals surface area contributed by atoms with Crippen LogP contribution in [0.1, 0.15) is 0 Å². The number of rotatable bonds is 10. The van der Waals surface area contributed by atoms with Crippen molar-refractivity contribution in [3.63, 3.8) is 0 Å². The fourth-order valence-corrected chi connectivity index (χ4v) is 6.32. The number of para-hydroxylation sites is 2. The molecule has 0 saturated heterocycles. The van der Waals surface area contributed by atoms with Gasteiger partial charge in [-0.15, -0.1) is 11.3 Å². The molecule has 5 heterocycles. The lowest BCUT2D eigenvalue weighted by Gasteiger charge is -2.26. The van der Waals surface area contributed by atoms with Crippen LogP contribution in [0.15, 0.2) is 109 Å². The number of aromatic nitrogens is 3. The van der Waals surface area contributed by atoms with Gasteiger partial charge in [0.2, 0.25) is 0 Å². The van der Waals surface area contributed by atoms with Gasteiger partial charge in [-0.2, -0.15) is 0 Å². The summed E-state index contributed by atoms with van der Waals surface area (Å²) in [6, 6.07) is 30.3. The van der Waals surface area contributed by atoms with Crippen LogP contribution in [0.5, 0.6) is 23.0 Å². The fourth-order valence-electron chi connectivity index (χ4n) is 5.09. The van der Waals surface area contributed by atoms with Crippen molar-refractivity contribution >= 4 is 40.7 Å². The molecule has 0 atom stereocenters. The molecule has 0 fully saturated rings. The fraction of sp³-hybridized carbons (Fsp3) is 0.0571. The number of hydrogen-bond donors (Lipinski definition) is 0. The highest BCUT2D eigenvalue weighted by Crippen LogP contribution is 2.57. The van der Waals surface area contributed by atoms with Crippen LogP contribution in [0.4, 0.5) is 16.4 Å². The van der Waals surface area contributed by atoms with Crippen LogP contribution in [-0.4, -0.2) is 41.1 Å². The van der Waals surface area contributed by atoms with Gasteiger partial charge >= 0.3 is 0 Å². The molecule has 1 aliphatic heterocycles. The number of thiophene rings is 1. The molecule has 0 N–H and O–H groups in total. The summed E-state index contributed by atoms with van der Waals surface area (Å²) in [6.07, 6.45) is 3.19. The number of fused-ring (bicyclic) bond motifs is 1. The standard InChI is InChI=1S/C35H24N4O6S/c40-21-44-26-12-14-37-29(18-26)31-20-27(45-22-41)19-30(38-31)28-17-23(11-13-36-28)34-32-33(43-16-15-42-32)35(46-34)39(24-7-3-1-4-8-24)25-9-5-2-6-10-25/h1-14,17-22H,15-16H2. The Morgan fingerprint density at radius 3 is 1.87 bits per heavy atom. The van der Waals surface area contributed by atoms with E-state index in [9.17, 15) is 9.59 Å². The summed E-state index contributed by atoms with van der Waals surface area (Å²) in [7, 11) is 0. The number of carbonyl (C=O) groups is 2. The first-order valence-corrected chi connectivity index (χ1v) is 15.0. The van der Waals surface area contributed by atoms with Gasteiger partial charge in [0, 0.05) is 42.0 Å². The van der Waals surface area contributed by atoms with E-state index in [0.29, 0.717) is 66.2 Å². The molecule has 0 unspecified atom stereocenters. The maximum atomic E-state index is 11.3. The van der Waals surface area contributed by atoms with Crippen molar-refractivity contribution in [3.05, 3.63) is 109 Å². The van der Waals surface area contributed by atoms with E-state index in [-0.39, 0.29) is 5.75 Å². The van der Waals surface area contributed by atoms with Gasteiger partial charge < -0.3 is 18.9 Å². The van der Waals surface area contributed by atoms with Gasteiger partial charge in [0.25, 0.3) is 12.9 Å². The van der Waals surface area contributed by atoms with E-state index in [4.69, 9.17) is 23.9 Å². The molecule has 6 aromatic rings. The molecule has 226 valence electrons. The Bertz CT molecular complexity index is 1980. The van der Waals surface area contributed by atoms with E-state index in [1.165, 1.54) is 6.20 Å². The minimum Gasteiger partial charge on any atom is -0.485 e. The predicted molar refractivity (Wildman–Crippen MR) is 173 cm³/mol. The average Bonchev–Trinajstić information content (AvgIpc) is 3.49. The number of anilines is 3. The third kappa shape index (κ3) is 5.74. The van der Waals surface area contributed by atoms with Crippen LogP contribution in [0.2, 0.25) is 0 Å². The normalized spacial score (nSPS) is 11.8. The summed E-state index contributed by atoms with van der Waals surface area (Å²) >= 11 is 1.55. The molecule has 0 radical (unpaired) electrons. The second-order valence-corrected chi connectivity index (χ2v) is 10.9. The molecule has 11 heteroatoms. The molecule has 1 aliphatic rings. The number of carbonyl (C=O) groups excluding carboxylic acids is 2. The zero-order chi connectivity index (χ0) is 31.3. The number of pyridine rings is 3. The Balaban J connectivity index is 1.34. The van der Waals surface area contributed by atoms with E-state index in [1.54, 1.807) is 41.8 Å². The quantitative estimate of drug-likeness (QED) is 0.144. The first-order chi connectivity index (χ1) is 22.7. The van der Waals surface area contributed by atoms with Crippen molar-refractivity contribution in [2.24, 2.45) is 0 Å². The number of benzene rings is 2. The third-order valence-corrected chi connectivity index (χ3v) is 8.25. The summed E-state index contributed by atoms with van der Waals surface area (Å²) < 4.78 is 22.7. The zero-order valence-corrected chi connectivity index (χ0v) is 24.9. The molecule has 0 bridgehead atoms. The maximum absolute atomic E-state index is 11.3. The molecule has 0 amide bonds. The van der Waals surface area contributed by atoms with Crippen molar-refractivity contribution in [1.29, 1.82) is 0 Å².